The monoisotopic (exact) mass is 182 g/mol. The first-order chi connectivity index (χ1) is 6.12. The van der Waals surface area contributed by atoms with Crippen molar-refractivity contribution in [2.45, 2.75) is 52.9 Å². The molecule has 1 nitrogen and oxygen atoms in total. The highest BCUT2D eigenvalue weighted by atomic mass is 16.1. The number of rotatable bonds is 7. The summed E-state index contributed by atoms with van der Waals surface area (Å²) in [5, 5.41) is 0. The topological polar surface area (TPSA) is 17.1 Å². The first-order valence-electron chi connectivity index (χ1n) is 5.23. The van der Waals surface area contributed by atoms with Gasteiger partial charge >= 0.3 is 0 Å². The van der Waals surface area contributed by atoms with Gasteiger partial charge in [-0.15, -0.1) is 0 Å². The van der Waals surface area contributed by atoms with Crippen LogP contribution in [0.5, 0.6) is 0 Å². The average Bonchev–Trinajstić information content (AvgIpc) is 2.11. The highest BCUT2D eigenvalue weighted by Crippen LogP contribution is 2.17. The maximum atomic E-state index is 10.6. The van der Waals surface area contributed by atoms with Crippen LogP contribution in [-0.2, 0) is 4.79 Å². The molecule has 0 bridgehead atoms. The van der Waals surface area contributed by atoms with Crippen molar-refractivity contribution >= 4 is 6.29 Å². The molecule has 13 heavy (non-hydrogen) atoms. The minimum absolute atomic E-state index is 0.179. The number of hydrogen-bond donors (Lipinski definition) is 0. The van der Waals surface area contributed by atoms with Gasteiger partial charge in [-0.2, -0.15) is 0 Å². The second kappa shape index (κ2) is 6.88. The van der Waals surface area contributed by atoms with Crippen LogP contribution >= 0.6 is 0 Å². The molecule has 0 radical (unpaired) electrons. The second-order valence-corrected chi connectivity index (χ2v) is 4.28. The van der Waals surface area contributed by atoms with Crippen molar-refractivity contribution in [1.29, 1.82) is 0 Å². The van der Waals surface area contributed by atoms with Crippen LogP contribution in [0.2, 0.25) is 0 Å². The summed E-state index contributed by atoms with van der Waals surface area (Å²) < 4.78 is 0. The molecule has 0 saturated carbocycles. The normalized spacial score (nSPS) is 12.2. The third-order valence-corrected chi connectivity index (χ3v) is 2.10. The Kier molecular flexibility index (Phi) is 6.56. The molecule has 0 unspecified atom stereocenters. The summed E-state index contributed by atoms with van der Waals surface area (Å²) in [6.45, 7) is 6.14. The van der Waals surface area contributed by atoms with E-state index in [1.807, 2.05) is 13.8 Å². The number of carbonyl (C=O) groups excluding carboxylic acids is 1. The van der Waals surface area contributed by atoms with Gasteiger partial charge in [-0.1, -0.05) is 45.8 Å². The zero-order valence-electron chi connectivity index (χ0n) is 9.18. The van der Waals surface area contributed by atoms with Gasteiger partial charge in [-0.05, 0) is 19.3 Å². The molecule has 0 spiro atoms. The lowest BCUT2D eigenvalue weighted by Gasteiger charge is -2.12. The first-order valence-corrected chi connectivity index (χ1v) is 5.23. The Hall–Kier alpha value is -0.590. The molecular formula is C12H22O. The van der Waals surface area contributed by atoms with Gasteiger partial charge in [0.15, 0.2) is 0 Å². The van der Waals surface area contributed by atoms with E-state index in [-0.39, 0.29) is 5.41 Å². The highest BCUT2D eigenvalue weighted by molar-refractivity contribution is 5.58. The molecule has 0 amide bonds. The van der Waals surface area contributed by atoms with E-state index in [0.29, 0.717) is 0 Å². The van der Waals surface area contributed by atoms with Gasteiger partial charge < -0.3 is 4.79 Å². The summed E-state index contributed by atoms with van der Waals surface area (Å²) >= 11 is 0. The van der Waals surface area contributed by atoms with Crippen LogP contribution in [0, 0.1) is 5.41 Å². The fourth-order valence-electron chi connectivity index (χ4n) is 1.07. The molecule has 0 atom stereocenters. The van der Waals surface area contributed by atoms with Crippen molar-refractivity contribution in [3.05, 3.63) is 12.2 Å². The lowest BCUT2D eigenvalue weighted by atomic mass is 9.91. The van der Waals surface area contributed by atoms with Gasteiger partial charge in [-0.25, -0.2) is 0 Å². The molecule has 0 N–H and O–H groups in total. The lowest BCUT2D eigenvalue weighted by Crippen LogP contribution is -2.10. The minimum atomic E-state index is -0.179. The lowest BCUT2D eigenvalue weighted by molar-refractivity contribution is -0.114. The number of carbonyl (C=O) groups is 1. The SMILES string of the molecule is CCCCCC=CCC(C)(C)C=O. The zero-order valence-corrected chi connectivity index (χ0v) is 9.18. The molecule has 0 aromatic carbocycles. The van der Waals surface area contributed by atoms with Crippen LogP contribution in [0.4, 0.5) is 0 Å². The van der Waals surface area contributed by atoms with Crippen LogP contribution in [-0.4, -0.2) is 6.29 Å². The van der Waals surface area contributed by atoms with E-state index in [4.69, 9.17) is 0 Å². The smallest absolute Gasteiger partial charge is 0.125 e. The van der Waals surface area contributed by atoms with Crippen LogP contribution in [0.15, 0.2) is 12.2 Å². The average molecular weight is 182 g/mol. The van der Waals surface area contributed by atoms with Crippen molar-refractivity contribution in [3.8, 4) is 0 Å². The third-order valence-electron chi connectivity index (χ3n) is 2.10. The van der Waals surface area contributed by atoms with Crippen molar-refractivity contribution in [2.75, 3.05) is 0 Å². The molecule has 1 heteroatoms. The molecule has 0 aromatic rings. The van der Waals surface area contributed by atoms with E-state index in [2.05, 4.69) is 19.1 Å². The number of unbranched alkanes of at least 4 members (excludes halogenated alkanes) is 3. The largest absolute Gasteiger partial charge is 0.303 e. The van der Waals surface area contributed by atoms with Crippen LogP contribution in [0.3, 0.4) is 0 Å². The molecule has 76 valence electrons. The molecule has 0 saturated heterocycles. The van der Waals surface area contributed by atoms with E-state index in [1.165, 1.54) is 19.3 Å². The van der Waals surface area contributed by atoms with E-state index < -0.39 is 0 Å². The fraction of sp³-hybridized carbons (Fsp3) is 0.750. The van der Waals surface area contributed by atoms with Gasteiger partial charge in [0.05, 0.1) is 0 Å². The van der Waals surface area contributed by atoms with E-state index in [1.54, 1.807) is 0 Å². The Morgan fingerprint density at radius 1 is 1.15 bits per heavy atom. The maximum Gasteiger partial charge on any atom is 0.125 e. The van der Waals surface area contributed by atoms with Crippen LogP contribution < -0.4 is 0 Å². The van der Waals surface area contributed by atoms with E-state index >= 15 is 0 Å². The Bertz CT molecular complexity index is 157. The summed E-state index contributed by atoms with van der Waals surface area (Å²) in [6, 6.07) is 0. The molecule has 0 aliphatic rings. The van der Waals surface area contributed by atoms with Crippen molar-refractivity contribution in [3.63, 3.8) is 0 Å². The molecule has 0 aliphatic heterocycles. The molecule has 0 aliphatic carbocycles. The van der Waals surface area contributed by atoms with Crippen molar-refractivity contribution in [2.24, 2.45) is 5.41 Å². The summed E-state index contributed by atoms with van der Waals surface area (Å²) in [7, 11) is 0. The minimum Gasteiger partial charge on any atom is -0.303 e. The molecule has 0 fully saturated rings. The first kappa shape index (κ1) is 12.4. The molecule has 0 aromatic heterocycles. The molecule has 0 rings (SSSR count). The standard InChI is InChI=1S/C12H22O/c1-4-5-6-7-8-9-10-12(2,3)11-13/h8-9,11H,4-7,10H2,1-3H3. The highest BCUT2D eigenvalue weighted by Gasteiger charge is 2.13. The maximum absolute atomic E-state index is 10.6. The van der Waals surface area contributed by atoms with E-state index in [9.17, 15) is 4.79 Å². The Morgan fingerprint density at radius 3 is 2.38 bits per heavy atom. The Morgan fingerprint density at radius 2 is 1.85 bits per heavy atom. The Labute approximate surface area is 82.2 Å². The predicted octanol–water partition coefficient (Wildman–Crippen LogP) is 3.74. The van der Waals surface area contributed by atoms with Crippen LogP contribution in [0.25, 0.3) is 0 Å². The third kappa shape index (κ3) is 7.76. The predicted molar refractivity (Wildman–Crippen MR) is 57.7 cm³/mol. The summed E-state index contributed by atoms with van der Waals surface area (Å²) in [6.07, 6.45) is 11.2. The number of aldehydes is 1. The van der Waals surface area contributed by atoms with E-state index in [0.717, 1.165) is 19.1 Å². The zero-order chi connectivity index (χ0) is 10.2. The summed E-state index contributed by atoms with van der Waals surface area (Å²) in [5.41, 5.74) is -0.179. The van der Waals surface area contributed by atoms with Gasteiger partial charge in [0.25, 0.3) is 0 Å². The fourth-order valence-corrected chi connectivity index (χ4v) is 1.07. The van der Waals surface area contributed by atoms with Gasteiger partial charge in [0.1, 0.15) is 6.29 Å². The summed E-state index contributed by atoms with van der Waals surface area (Å²) in [5.74, 6) is 0. The van der Waals surface area contributed by atoms with Gasteiger partial charge in [0, 0.05) is 5.41 Å². The second-order valence-electron chi connectivity index (χ2n) is 4.28. The Balaban J connectivity index is 3.46. The van der Waals surface area contributed by atoms with Crippen molar-refractivity contribution < 1.29 is 4.79 Å². The summed E-state index contributed by atoms with van der Waals surface area (Å²) in [4.78, 5) is 10.6. The van der Waals surface area contributed by atoms with Gasteiger partial charge in [0.2, 0.25) is 0 Å². The quantitative estimate of drug-likeness (QED) is 0.333. The number of allylic oxidation sites excluding steroid dienone is 2. The number of hydrogen-bond acceptors (Lipinski definition) is 1. The molecule has 0 heterocycles. The van der Waals surface area contributed by atoms with Crippen molar-refractivity contribution in [1.82, 2.24) is 0 Å². The van der Waals surface area contributed by atoms with Gasteiger partial charge in [-0.3, -0.25) is 0 Å². The van der Waals surface area contributed by atoms with Crippen LogP contribution in [0.1, 0.15) is 52.9 Å². The molecular weight excluding hydrogens is 160 g/mol.